The standard InChI is InChI=1S/C20H14ClN3/c21-16-8-6-14(7-9-16)13-22-17-10-11-18-19(12-17)24-20(23-18)15-4-2-1-3-5-15/h1-13H,(H,23,24). The fourth-order valence-electron chi connectivity index (χ4n) is 2.51. The summed E-state index contributed by atoms with van der Waals surface area (Å²) in [7, 11) is 0. The summed E-state index contributed by atoms with van der Waals surface area (Å²) >= 11 is 5.89. The van der Waals surface area contributed by atoms with Gasteiger partial charge in [0, 0.05) is 16.8 Å². The van der Waals surface area contributed by atoms with Crippen molar-refractivity contribution in [1.29, 1.82) is 0 Å². The molecule has 0 saturated heterocycles. The molecule has 1 aromatic heterocycles. The summed E-state index contributed by atoms with van der Waals surface area (Å²) in [5, 5.41) is 0.722. The van der Waals surface area contributed by atoms with Gasteiger partial charge in [-0.3, -0.25) is 4.99 Å². The fraction of sp³-hybridized carbons (Fsp3) is 0. The molecule has 0 atom stereocenters. The number of fused-ring (bicyclic) bond motifs is 1. The molecule has 0 fully saturated rings. The summed E-state index contributed by atoms with van der Waals surface area (Å²) in [6.07, 6.45) is 1.83. The molecule has 1 heterocycles. The smallest absolute Gasteiger partial charge is 0.138 e. The first-order chi connectivity index (χ1) is 11.8. The van der Waals surface area contributed by atoms with Gasteiger partial charge in [-0.2, -0.15) is 0 Å². The Labute approximate surface area is 144 Å². The lowest BCUT2D eigenvalue weighted by Crippen LogP contribution is -1.79. The summed E-state index contributed by atoms with van der Waals surface area (Å²) < 4.78 is 0. The molecule has 3 aromatic carbocycles. The molecule has 4 aromatic rings. The second kappa shape index (κ2) is 6.30. The van der Waals surface area contributed by atoms with Crippen LogP contribution >= 0.6 is 11.6 Å². The summed E-state index contributed by atoms with van der Waals surface area (Å²) in [5.41, 5.74) is 4.86. The van der Waals surface area contributed by atoms with Crippen molar-refractivity contribution in [2.45, 2.75) is 0 Å². The van der Waals surface area contributed by atoms with Crippen molar-refractivity contribution in [1.82, 2.24) is 9.97 Å². The van der Waals surface area contributed by atoms with Gasteiger partial charge in [-0.1, -0.05) is 54.1 Å². The number of aliphatic imine (C=N–C) groups is 1. The molecule has 4 heteroatoms. The van der Waals surface area contributed by atoms with Crippen molar-refractivity contribution in [3.63, 3.8) is 0 Å². The lowest BCUT2D eigenvalue weighted by atomic mass is 10.2. The summed E-state index contributed by atoms with van der Waals surface area (Å²) in [6, 6.07) is 23.6. The maximum Gasteiger partial charge on any atom is 0.138 e. The molecule has 0 saturated carbocycles. The lowest BCUT2D eigenvalue weighted by molar-refractivity contribution is 1.34. The number of hydrogen-bond donors (Lipinski definition) is 1. The first-order valence-electron chi connectivity index (χ1n) is 7.63. The zero-order valence-corrected chi connectivity index (χ0v) is 13.5. The van der Waals surface area contributed by atoms with Crippen LogP contribution in [-0.4, -0.2) is 16.2 Å². The van der Waals surface area contributed by atoms with E-state index in [0.717, 1.165) is 38.7 Å². The van der Waals surface area contributed by atoms with E-state index >= 15 is 0 Å². The molecule has 116 valence electrons. The quantitative estimate of drug-likeness (QED) is 0.485. The number of nitrogens with one attached hydrogen (secondary N) is 1. The van der Waals surface area contributed by atoms with Gasteiger partial charge >= 0.3 is 0 Å². The van der Waals surface area contributed by atoms with Crippen molar-refractivity contribution in [3.8, 4) is 11.4 Å². The van der Waals surface area contributed by atoms with Gasteiger partial charge in [-0.25, -0.2) is 4.98 Å². The van der Waals surface area contributed by atoms with Crippen LogP contribution in [0.5, 0.6) is 0 Å². The largest absolute Gasteiger partial charge is 0.338 e. The van der Waals surface area contributed by atoms with Crippen molar-refractivity contribution in [2.24, 2.45) is 4.99 Å². The van der Waals surface area contributed by atoms with Gasteiger partial charge in [-0.05, 0) is 35.9 Å². The van der Waals surface area contributed by atoms with Crippen LogP contribution in [0.4, 0.5) is 5.69 Å². The number of aromatic amines is 1. The maximum absolute atomic E-state index is 5.89. The molecule has 0 amide bonds. The van der Waals surface area contributed by atoms with Crippen LogP contribution in [0.1, 0.15) is 5.56 Å². The van der Waals surface area contributed by atoms with E-state index in [9.17, 15) is 0 Å². The van der Waals surface area contributed by atoms with Gasteiger partial charge in [0.15, 0.2) is 0 Å². The Morgan fingerprint density at radius 3 is 2.50 bits per heavy atom. The number of halogens is 1. The van der Waals surface area contributed by atoms with Gasteiger partial charge in [-0.15, -0.1) is 0 Å². The highest BCUT2D eigenvalue weighted by Crippen LogP contribution is 2.24. The van der Waals surface area contributed by atoms with Gasteiger partial charge < -0.3 is 4.98 Å². The molecule has 1 N–H and O–H groups in total. The fourth-order valence-corrected chi connectivity index (χ4v) is 2.63. The van der Waals surface area contributed by atoms with E-state index in [4.69, 9.17) is 11.6 Å². The molecule has 0 radical (unpaired) electrons. The van der Waals surface area contributed by atoms with E-state index in [0.29, 0.717) is 0 Å². The minimum atomic E-state index is 0.722. The summed E-state index contributed by atoms with van der Waals surface area (Å²) in [6.45, 7) is 0. The van der Waals surface area contributed by atoms with Crippen LogP contribution in [0.25, 0.3) is 22.4 Å². The Kier molecular flexibility index (Phi) is 3.85. The number of aromatic nitrogens is 2. The minimum Gasteiger partial charge on any atom is -0.338 e. The third-order valence-corrected chi connectivity index (χ3v) is 4.00. The predicted molar refractivity (Wildman–Crippen MR) is 100 cm³/mol. The Balaban J connectivity index is 1.64. The molecule has 4 rings (SSSR count). The molecular weight excluding hydrogens is 318 g/mol. The number of imidazole rings is 1. The van der Waals surface area contributed by atoms with E-state index in [2.05, 4.69) is 15.0 Å². The van der Waals surface area contributed by atoms with Gasteiger partial charge in [0.25, 0.3) is 0 Å². The molecule has 0 aliphatic rings. The highest BCUT2D eigenvalue weighted by molar-refractivity contribution is 6.30. The van der Waals surface area contributed by atoms with Crippen molar-refractivity contribution in [2.75, 3.05) is 0 Å². The first kappa shape index (κ1) is 14.7. The maximum atomic E-state index is 5.89. The van der Waals surface area contributed by atoms with Crippen molar-refractivity contribution >= 4 is 34.5 Å². The summed E-state index contributed by atoms with van der Waals surface area (Å²) in [5.74, 6) is 0.865. The van der Waals surface area contributed by atoms with Crippen LogP contribution < -0.4 is 0 Å². The van der Waals surface area contributed by atoms with Crippen molar-refractivity contribution in [3.05, 3.63) is 83.4 Å². The van der Waals surface area contributed by atoms with Crippen LogP contribution in [0, 0.1) is 0 Å². The molecule has 0 aliphatic carbocycles. The number of H-pyrrole nitrogens is 1. The third kappa shape index (κ3) is 3.07. The highest BCUT2D eigenvalue weighted by atomic mass is 35.5. The number of hydrogen-bond acceptors (Lipinski definition) is 2. The predicted octanol–water partition coefficient (Wildman–Crippen LogP) is 5.63. The molecule has 0 unspecified atom stereocenters. The lowest BCUT2D eigenvalue weighted by Gasteiger charge is -1.95. The Bertz CT molecular complexity index is 1000. The number of nitrogens with zero attached hydrogens (tertiary/aromatic N) is 2. The van der Waals surface area contributed by atoms with Crippen molar-refractivity contribution < 1.29 is 0 Å². The van der Waals surface area contributed by atoms with E-state index in [1.807, 2.05) is 79.0 Å². The topological polar surface area (TPSA) is 41.0 Å². The second-order valence-corrected chi connectivity index (χ2v) is 5.90. The van der Waals surface area contributed by atoms with Gasteiger partial charge in [0.2, 0.25) is 0 Å². The zero-order chi connectivity index (χ0) is 16.4. The van der Waals surface area contributed by atoms with E-state index in [1.165, 1.54) is 0 Å². The molecule has 3 nitrogen and oxygen atoms in total. The van der Waals surface area contributed by atoms with E-state index in [-0.39, 0.29) is 0 Å². The third-order valence-electron chi connectivity index (χ3n) is 3.75. The van der Waals surface area contributed by atoms with Gasteiger partial charge in [0.1, 0.15) is 5.82 Å². The van der Waals surface area contributed by atoms with E-state index in [1.54, 1.807) is 0 Å². The average molecular weight is 332 g/mol. The Morgan fingerprint density at radius 2 is 1.71 bits per heavy atom. The molecule has 24 heavy (non-hydrogen) atoms. The normalized spacial score (nSPS) is 11.4. The monoisotopic (exact) mass is 331 g/mol. The van der Waals surface area contributed by atoms with Crippen LogP contribution in [-0.2, 0) is 0 Å². The first-order valence-corrected chi connectivity index (χ1v) is 8.00. The zero-order valence-electron chi connectivity index (χ0n) is 12.8. The Hall–Kier alpha value is -2.91. The Morgan fingerprint density at radius 1 is 0.917 bits per heavy atom. The van der Waals surface area contributed by atoms with Crippen LogP contribution in [0.2, 0.25) is 5.02 Å². The molecule has 0 bridgehead atoms. The van der Waals surface area contributed by atoms with E-state index < -0.39 is 0 Å². The minimum absolute atomic E-state index is 0.722. The highest BCUT2D eigenvalue weighted by Gasteiger charge is 2.05. The number of rotatable bonds is 3. The van der Waals surface area contributed by atoms with Crippen LogP contribution in [0.3, 0.4) is 0 Å². The summed E-state index contributed by atoms with van der Waals surface area (Å²) in [4.78, 5) is 12.5. The average Bonchev–Trinajstić information content (AvgIpc) is 3.05. The number of benzene rings is 3. The van der Waals surface area contributed by atoms with Crippen LogP contribution in [0.15, 0.2) is 77.8 Å². The second-order valence-electron chi connectivity index (χ2n) is 5.46. The van der Waals surface area contributed by atoms with Gasteiger partial charge in [0.05, 0.1) is 16.7 Å². The molecule has 0 spiro atoms. The molecule has 0 aliphatic heterocycles. The molecular formula is C20H14ClN3. The SMILES string of the molecule is Clc1ccc(C=Nc2ccc3nc(-c4ccccc4)[nH]c3c2)cc1.